The summed E-state index contributed by atoms with van der Waals surface area (Å²) in [4.78, 5) is 14.0. The van der Waals surface area contributed by atoms with Crippen LogP contribution in [0.5, 0.6) is 0 Å². The number of piperidine rings is 1. The Bertz CT molecular complexity index is 283. The summed E-state index contributed by atoms with van der Waals surface area (Å²) in [5.74, 6) is 0.0579. The van der Waals surface area contributed by atoms with Crippen LogP contribution in [0.4, 0.5) is 0 Å². The summed E-state index contributed by atoms with van der Waals surface area (Å²) in [6, 6.07) is -0.490. The normalized spacial score (nSPS) is 23.8. The fourth-order valence-electron chi connectivity index (χ4n) is 3.49. The number of hydrogen-bond donors (Lipinski definition) is 1. The first-order chi connectivity index (χ1) is 8.67. The predicted molar refractivity (Wildman–Crippen MR) is 78.4 cm³/mol. The van der Waals surface area contributed by atoms with Gasteiger partial charge in [-0.15, -0.1) is 12.4 Å². The van der Waals surface area contributed by atoms with Crippen LogP contribution >= 0.6 is 12.4 Å². The van der Waals surface area contributed by atoms with Gasteiger partial charge in [0.1, 0.15) is 6.04 Å². The van der Waals surface area contributed by atoms with Gasteiger partial charge in [0.15, 0.2) is 0 Å². The second kappa shape index (κ2) is 7.46. The molecule has 1 amide bonds. The van der Waals surface area contributed by atoms with Gasteiger partial charge in [0.05, 0.1) is 6.61 Å². The summed E-state index contributed by atoms with van der Waals surface area (Å²) < 4.78 is 4.95. The molecule has 0 aromatic heterocycles. The first-order valence-electron chi connectivity index (χ1n) is 7.20. The molecule has 2 N–H and O–H groups in total. The Morgan fingerprint density at radius 1 is 1.21 bits per heavy atom. The van der Waals surface area contributed by atoms with E-state index in [0.29, 0.717) is 12.0 Å². The van der Waals surface area contributed by atoms with E-state index < -0.39 is 6.04 Å². The predicted octanol–water partition coefficient (Wildman–Crippen LogP) is 1.95. The van der Waals surface area contributed by atoms with Gasteiger partial charge in [0.2, 0.25) is 5.91 Å². The largest absolute Gasteiger partial charge is 0.383 e. The van der Waals surface area contributed by atoms with Gasteiger partial charge in [-0.2, -0.15) is 0 Å². The average molecular weight is 291 g/mol. The number of ether oxygens (including phenoxy) is 1. The molecule has 1 saturated heterocycles. The summed E-state index contributed by atoms with van der Waals surface area (Å²) in [5.41, 5.74) is 6.35. The van der Waals surface area contributed by atoms with Crippen molar-refractivity contribution in [1.29, 1.82) is 0 Å². The first kappa shape index (κ1) is 16.7. The Labute approximate surface area is 122 Å². The molecule has 1 saturated carbocycles. The van der Waals surface area contributed by atoms with E-state index in [9.17, 15) is 4.79 Å². The van der Waals surface area contributed by atoms with Crippen molar-refractivity contribution >= 4 is 18.3 Å². The molecule has 112 valence electrons. The minimum Gasteiger partial charge on any atom is -0.383 e. The highest BCUT2D eigenvalue weighted by Gasteiger charge is 2.37. The Balaban J connectivity index is 0.00000180. The van der Waals surface area contributed by atoms with E-state index in [4.69, 9.17) is 10.5 Å². The molecule has 1 unspecified atom stereocenters. The van der Waals surface area contributed by atoms with Gasteiger partial charge in [-0.1, -0.05) is 19.3 Å². The first-order valence-corrected chi connectivity index (χ1v) is 7.20. The van der Waals surface area contributed by atoms with Crippen molar-refractivity contribution in [3.63, 3.8) is 0 Å². The van der Waals surface area contributed by atoms with Crippen LogP contribution in [0.3, 0.4) is 0 Å². The number of likely N-dealkylation sites (tertiary alicyclic amines) is 1. The highest BCUT2D eigenvalue weighted by atomic mass is 35.5. The van der Waals surface area contributed by atoms with Crippen molar-refractivity contribution in [2.75, 3.05) is 26.8 Å². The standard InChI is InChI=1S/C14H26N2O2.ClH/c1-18-11-12(15)13(17)16-9-7-14(8-10-16)5-3-2-4-6-14;/h12H,2-11,15H2,1H3;1H. The number of hydrogen-bond acceptors (Lipinski definition) is 3. The Morgan fingerprint density at radius 3 is 2.32 bits per heavy atom. The van der Waals surface area contributed by atoms with E-state index >= 15 is 0 Å². The SMILES string of the molecule is COCC(N)C(=O)N1CCC2(CCCCC2)CC1.Cl. The monoisotopic (exact) mass is 290 g/mol. The second-order valence-corrected chi connectivity index (χ2v) is 5.95. The second-order valence-electron chi connectivity index (χ2n) is 5.95. The summed E-state index contributed by atoms with van der Waals surface area (Å²) in [7, 11) is 1.58. The number of carbonyl (C=O) groups is 1. The van der Waals surface area contributed by atoms with Crippen molar-refractivity contribution in [2.45, 2.75) is 51.0 Å². The van der Waals surface area contributed by atoms with Crippen molar-refractivity contribution in [3.8, 4) is 0 Å². The number of carbonyl (C=O) groups excluding carboxylic acids is 1. The van der Waals surface area contributed by atoms with E-state index in [0.717, 1.165) is 13.1 Å². The Kier molecular flexibility index (Phi) is 6.57. The van der Waals surface area contributed by atoms with Crippen molar-refractivity contribution in [3.05, 3.63) is 0 Å². The van der Waals surface area contributed by atoms with Gasteiger partial charge >= 0.3 is 0 Å². The molecule has 1 atom stereocenters. The quantitative estimate of drug-likeness (QED) is 0.864. The average Bonchev–Trinajstić information content (AvgIpc) is 2.40. The van der Waals surface area contributed by atoms with Gasteiger partial charge in [-0.3, -0.25) is 4.79 Å². The highest BCUT2D eigenvalue weighted by Crippen LogP contribution is 2.44. The van der Waals surface area contributed by atoms with Crippen LogP contribution in [0.15, 0.2) is 0 Å². The third-order valence-electron chi connectivity index (χ3n) is 4.71. The van der Waals surface area contributed by atoms with Crippen LogP contribution in [0.1, 0.15) is 44.9 Å². The molecule has 4 nitrogen and oxygen atoms in total. The third kappa shape index (κ3) is 4.07. The topological polar surface area (TPSA) is 55.6 Å². The minimum absolute atomic E-state index is 0. The van der Waals surface area contributed by atoms with Crippen LogP contribution in [0, 0.1) is 5.41 Å². The van der Waals surface area contributed by atoms with E-state index in [1.807, 2.05) is 4.90 Å². The molecular formula is C14H27ClN2O2. The fourth-order valence-corrected chi connectivity index (χ4v) is 3.49. The number of amides is 1. The smallest absolute Gasteiger partial charge is 0.241 e. The summed E-state index contributed by atoms with van der Waals surface area (Å²) in [6.07, 6.45) is 9.19. The van der Waals surface area contributed by atoms with E-state index in [2.05, 4.69) is 0 Å². The van der Waals surface area contributed by atoms with Crippen LogP contribution < -0.4 is 5.73 Å². The maximum absolute atomic E-state index is 12.1. The number of rotatable bonds is 3. The van der Waals surface area contributed by atoms with Crippen LogP contribution in [0.2, 0.25) is 0 Å². The molecule has 1 heterocycles. The zero-order valence-electron chi connectivity index (χ0n) is 11.9. The molecule has 0 aromatic carbocycles. The zero-order valence-corrected chi connectivity index (χ0v) is 12.7. The van der Waals surface area contributed by atoms with Gasteiger partial charge in [-0.25, -0.2) is 0 Å². The van der Waals surface area contributed by atoms with E-state index in [1.165, 1.54) is 44.9 Å². The van der Waals surface area contributed by atoms with Crippen LogP contribution in [-0.4, -0.2) is 43.7 Å². The molecular weight excluding hydrogens is 264 g/mol. The lowest BCUT2D eigenvalue weighted by atomic mass is 9.68. The van der Waals surface area contributed by atoms with Crippen LogP contribution in [0.25, 0.3) is 0 Å². The molecule has 2 aliphatic rings. The van der Waals surface area contributed by atoms with Gasteiger partial charge < -0.3 is 15.4 Å². The molecule has 0 aromatic rings. The van der Waals surface area contributed by atoms with Gasteiger partial charge in [-0.05, 0) is 31.1 Å². The lowest BCUT2D eigenvalue weighted by molar-refractivity contribution is -0.136. The molecule has 1 aliphatic carbocycles. The summed E-state index contributed by atoms with van der Waals surface area (Å²) >= 11 is 0. The van der Waals surface area contributed by atoms with E-state index in [-0.39, 0.29) is 18.3 Å². The van der Waals surface area contributed by atoms with Crippen molar-refractivity contribution in [2.24, 2.45) is 11.1 Å². The van der Waals surface area contributed by atoms with Crippen molar-refractivity contribution < 1.29 is 9.53 Å². The van der Waals surface area contributed by atoms with Crippen LogP contribution in [-0.2, 0) is 9.53 Å². The number of nitrogens with zero attached hydrogens (tertiary/aromatic N) is 1. The Morgan fingerprint density at radius 2 is 1.79 bits per heavy atom. The number of halogens is 1. The number of methoxy groups -OCH3 is 1. The third-order valence-corrected chi connectivity index (χ3v) is 4.71. The molecule has 2 rings (SSSR count). The molecule has 2 fully saturated rings. The lowest BCUT2D eigenvalue weighted by Gasteiger charge is -2.44. The Hall–Kier alpha value is -0.320. The highest BCUT2D eigenvalue weighted by molar-refractivity contribution is 5.85. The zero-order chi connectivity index (χ0) is 13.0. The van der Waals surface area contributed by atoms with E-state index in [1.54, 1.807) is 7.11 Å². The molecule has 19 heavy (non-hydrogen) atoms. The van der Waals surface area contributed by atoms with Gasteiger partial charge in [0, 0.05) is 20.2 Å². The van der Waals surface area contributed by atoms with Gasteiger partial charge in [0.25, 0.3) is 0 Å². The summed E-state index contributed by atoms with van der Waals surface area (Å²) in [5, 5.41) is 0. The molecule has 0 radical (unpaired) electrons. The molecule has 5 heteroatoms. The maximum Gasteiger partial charge on any atom is 0.241 e. The molecule has 1 aliphatic heterocycles. The summed E-state index contributed by atoms with van der Waals surface area (Å²) in [6.45, 7) is 2.09. The lowest BCUT2D eigenvalue weighted by Crippen LogP contribution is -2.51. The molecule has 0 bridgehead atoms. The fraction of sp³-hybridized carbons (Fsp3) is 0.929. The molecule has 1 spiro atoms. The number of nitrogens with two attached hydrogens (primary N) is 1. The minimum atomic E-state index is -0.490. The van der Waals surface area contributed by atoms with Crippen molar-refractivity contribution in [1.82, 2.24) is 4.90 Å². The maximum atomic E-state index is 12.1.